The zero-order valence-electron chi connectivity index (χ0n) is 12.1. The van der Waals surface area contributed by atoms with Gasteiger partial charge in [0.05, 0.1) is 12.2 Å². The number of benzene rings is 1. The van der Waals surface area contributed by atoms with Crippen LogP contribution >= 0.6 is 0 Å². The molecule has 1 unspecified atom stereocenters. The SMILES string of the molecule is CCNCCC(C)(O)c1ccccc1OCCOC. The molecule has 1 aromatic carbocycles. The van der Waals surface area contributed by atoms with Crippen LogP contribution in [0.3, 0.4) is 0 Å². The van der Waals surface area contributed by atoms with Gasteiger partial charge in [-0.2, -0.15) is 0 Å². The number of rotatable bonds is 9. The molecule has 0 bridgehead atoms. The molecule has 0 aliphatic heterocycles. The molecule has 2 N–H and O–H groups in total. The molecule has 19 heavy (non-hydrogen) atoms. The molecule has 0 fully saturated rings. The van der Waals surface area contributed by atoms with Crippen LogP contribution in [0.1, 0.15) is 25.8 Å². The van der Waals surface area contributed by atoms with Crippen molar-refractivity contribution < 1.29 is 14.6 Å². The predicted molar refractivity (Wildman–Crippen MR) is 76.5 cm³/mol. The Morgan fingerprint density at radius 1 is 1.26 bits per heavy atom. The standard InChI is InChI=1S/C15H25NO3/c1-4-16-10-9-15(2,17)13-7-5-6-8-14(13)19-12-11-18-3/h5-8,16-17H,4,9-12H2,1-3H3. The van der Waals surface area contributed by atoms with Gasteiger partial charge in [0, 0.05) is 12.7 Å². The van der Waals surface area contributed by atoms with Crippen LogP contribution in [-0.2, 0) is 10.3 Å². The lowest BCUT2D eigenvalue weighted by atomic mass is 9.91. The normalized spacial score (nSPS) is 14.1. The van der Waals surface area contributed by atoms with Crippen LogP contribution in [0.5, 0.6) is 5.75 Å². The molecule has 0 spiro atoms. The molecule has 4 heteroatoms. The fraction of sp³-hybridized carbons (Fsp3) is 0.600. The molecule has 1 aromatic rings. The molecule has 4 nitrogen and oxygen atoms in total. The average molecular weight is 267 g/mol. The molecule has 0 heterocycles. The number of nitrogens with one attached hydrogen (secondary N) is 1. The smallest absolute Gasteiger partial charge is 0.125 e. The van der Waals surface area contributed by atoms with E-state index in [1.807, 2.05) is 31.2 Å². The van der Waals surface area contributed by atoms with E-state index < -0.39 is 5.60 Å². The van der Waals surface area contributed by atoms with Gasteiger partial charge >= 0.3 is 0 Å². The minimum Gasteiger partial charge on any atom is -0.491 e. The Labute approximate surface area is 115 Å². The van der Waals surface area contributed by atoms with Crippen LogP contribution < -0.4 is 10.1 Å². The number of hydrogen-bond acceptors (Lipinski definition) is 4. The van der Waals surface area contributed by atoms with Crippen LogP contribution in [-0.4, -0.2) is 38.5 Å². The summed E-state index contributed by atoms with van der Waals surface area (Å²) < 4.78 is 10.6. The highest BCUT2D eigenvalue weighted by molar-refractivity contribution is 5.37. The summed E-state index contributed by atoms with van der Waals surface area (Å²) in [6.45, 7) is 6.57. The highest BCUT2D eigenvalue weighted by Gasteiger charge is 2.26. The molecule has 0 saturated carbocycles. The van der Waals surface area contributed by atoms with Crippen molar-refractivity contribution in [2.45, 2.75) is 25.9 Å². The summed E-state index contributed by atoms with van der Waals surface area (Å²) in [6, 6.07) is 7.62. The van der Waals surface area contributed by atoms with Gasteiger partial charge in [-0.05, 0) is 32.5 Å². The lowest BCUT2D eigenvalue weighted by Crippen LogP contribution is -2.28. The third kappa shape index (κ3) is 5.19. The van der Waals surface area contributed by atoms with Crippen LogP contribution in [0.25, 0.3) is 0 Å². The maximum absolute atomic E-state index is 10.6. The van der Waals surface area contributed by atoms with Crippen molar-refractivity contribution in [1.82, 2.24) is 5.32 Å². The molecule has 1 rings (SSSR count). The maximum atomic E-state index is 10.6. The molecular formula is C15H25NO3. The number of para-hydroxylation sites is 1. The summed E-state index contributed by atoms with van der Waals surface area (Å²) in [6.07, 6.45) is 0.644. The number of methoxy groups -OCH3 is 1. The number of ether oxygens (including phenoxy) is 2. The zero-order chi connectivity index (χ0) is 14.1. The molecular weight excluding hydrogens is 242 g/mol. The largest absolute Gasteiger partial charge is 0.491 e. The van der Waals surface area contributed by atoms with Crippen molar-refractivity contribution in [3.8, 4) is 5.75 Å². The first kappa shape index (κ1) is 16.0. The summed E-state index contributed by atoms with van der Waals surface area (Å²) in [5.74, 6) is 0.723. The lowest BCUT2D eigenvalue weighted by Gasteiger charge is -2.26. The first-order valence-electron chi connectivity index (χ1n) is 6.76. The molecule has 0 saturated heterocycles. The van der Waals surface area contributed by atoms with Crippen molar-refractivity contribution in [3.63, 3.8) is 0 Å². The van der Waals surface area contributed by atoms with E-state index in [0.717, 1.165) is 24.4 Å². The average Bonchev–Trinajstić information content (AvgIpc) is 2.40. The Hall–Kier alpha value is -1.10. The fourth-order valence-corrected chi connectivity index (χ4v) is 1.92. The van der Waals surface area contributed by atoms with Gasteiger partial charge in [0.25, 0.3) is 0 Å². The molecule has 0 aromatic heterocycles. The van der Waals surface area contributed by atoms with Crippen molar-refractivity contribution in [1.29, 1.82) is 0 Å². The van der Waals surface area contributed by atoms with E-state index in [4.69, 9.17) is 9.47 Å². The highest BCUT2D eigenvalue weighted by atomic mass is 16.5. The van der Waals surface area contributed by atoms with Gasteiger partial charge in [-0.15, -0.1) is 0 Å². The van der Waals surface area contributed by atoms with Crippen molar-refractivity contribution in [2.75, 3.05) is 33.4 Å². The summed E-state index contributed by atoms with van der Waals surface area (Å²) in [7, 11) is 1.64. The van der Waals surface area contributed by atoms with Gasteiger partial charge in [-0.3, -0.25) is 0 Å². The van der Waals surface area contributed by atoms with Gasteiger partial charge in [0.2, 0.25) is 0 Å². The summed E-state index contributed by atoms with van der Waals surface area (Å²) >= 11 is 0. The third-order valence-electron chi connectivity index (χ3n) is 3.05. The van der Waals surface area contributed by atoms with E-state index >= 15 is 0 Å². The monoisotopic (exact) mass is 267 g/mol. The summed E-state index contributed by atoms with van der Waals surface area (Å²) in [5, 5.41) is 13.8. The van der Waals surface area contributed by atoms with Gasteiger partial charge in [0.15, 0.2) is 0 Å². The zero-order valence-corrected chi connectivity index (χ0v) is 12.1. The van der Waals surface area contributed by atoms with Crippen LogP contribution in [0.4, 0.5) is 0 Å². The first-order valence-corrected chi connectivity index (χ1v) is 6.76. The number of aliphatic hydroxyl groups is 1. The minimum atomic E-state index is -0.897. The molecule has 1 atom stereocenters. The summed E-state index contributed by atoms with van der Waals surface area (Å²) in [5.41, 5.74) is -0.0738. The Morgan fingerprint density at radius 3 is 2.68 bits per heavy atom. The Bertz CT molecular complexity index is 366. The third-order valence-corrected chi connectivity index (χ3v) is 3.05. The molecule has 0 amide bonds. The van der Waals surface area contributed by atoms with E-state index in [-0.39, 0.29) is 0 Å². The van der Waals surface area contributed by atoms with Crippen molar-refractivity contribution in [3.05, 3.63) is 29.8 Å². The Morgan fingerprint density at radius 2 is 2.00 bits per heavy atom. The fourth-order valence-electron chi connectivity index (χ4n) is 1.92. The molecule has 0 aliphatic carbocycles. The van der Waals surface area contributed by atoms with Crippen molar-refractivity contribution >= 4 is 0 Å². The molecule has 0 aliphatic rings. The topological polar surface area (TPSA) is 50.7 Å². The van der Waals surface area contributed by atoms with Crippen molar-refractivity contribution in [2.24, 2.45) is 0 Å². The molecule has 0 radical (unpaired) electrons. The quantitative estimate of drug-likeness (QED) is 0.671. The van der Waals surface area contributed by atoms with Gasteiger partial charge in [-0.25, -0.2) is 0 Å². The summed E-state index contributed by atoms with van der Waals surface area (Å²) in [4.78, 5) is 0. The molecule has 108 valence electrons. The van der Waals surface area contributed by atoms with E-state index in [9.17, 15) is 5.11 Å². The van der Waals surface area contributed by atoms with E-state index in [2.05, 4.69) is 12.2 Å². The number of hydrogen-bond donors (Lipinski definition) is 2. The van der Waals surface area contributed by atoms with E-state index in [1.54, 1.807) is 7.11 Å². The van der Waals surface area contributed by atoms with E-state index in [0.29, 0.717) is 19.6 Å². The van der Waals surface area contributed by atoms with Crippen LogP contribution in [0.2, 0.25) is 0 Å². The predicted octanol–water partition coefficient (Wildman–Crippen LogP) is 1.92. The lowest BCUT2D eigenvalue weighted by molar-refractivity contribution is 0.0439. The van der Waals surface area contributed by atoms with E-state index in [1.165, 1.54) is 0 Å². The van der Waals surface area contributed by atoms with Gasteiger partial charge in [-0.1, -0.05) is 25.1 Å². The Kier molecular flexibility index (Phi) is 6.84. The van der Waals surface area contributed by atoms with Gasteiger partial charge < -0.3 is 19.9 Å². The second-order valence-corrected chi connectivity index (χ2v) is 4.71. The van der Waals surface area contributed by atoms with Crippen LogP contribution in [0, 0.1) is 0 Å². The maximum Gasteiger partial charge on any atom is 0.125 e. The van der Waals surface area contributed by atoms with Gasteiger partial charge in [0.1, 0.15) is 12.4 Å². The first-order chi connectivity index (χ1) is 9.11. The van der Waals surface area contributed by atoms with Crippen LogP contribution in [0.15, 0.2) is 24.3 Å². The minimum absolute atomic E-state index is 0.483. The Balaban J connectivity index is 2.73. The second kappa shape index (κ2) is 8.15. The highest BCUT2D eigenvalue weighted by Crippen LogP contribution is 2.32. The second-order valence-electron chi connectivity index (χ2n) is 4.71.